The lowest BCUT2D eigenvalue weighted by Crippen LogP contribution is -2.02. The van der Waals surface area contributed by atoms with Crippen molar-refractivity contribution in [1.29, 1.82) is 0 Å². The Morgan fingerprint density at radius 1 is 0.917 bits per heavy atom. The average Bonchev–Trinajstić information content (AvgIpc) is 2.98. The van der Waals surface area contributed by atoms with E-state index in [0.29, 0.717) is 11.1 Å². The van der Waals surface area contributed by atoms with Crippen LogP contribution in [-0.4, -0.2) is 20.3 Å². The molecule has 0 radical (unpaired) electrons. The van der Waals surface area contributed by atoms with Gasteiger partial charge in [0, 0.05) is 23.0 Å². The molecule has 2 heterocycles. The van der Waals surface area contributed by atoms with Gasteiger partial charge in [0.05, 0.1) is 11.7 Å². The minimum absolute atomic E-state index is 0.0264. The van der Waals surface area contributed by atoms with Crippen LogP contribution in [0.4, 0.5) is 0 Å². The Balaban J connectivity index is 1.74. The van der Waals surface area contributed by atoms with E-state index in [9.17, 15) is 4.79 Å². The third-order valence-corrected chi connectivity index (χ3v) is 4.05. The van der Waals surface area contributed by atoms with Gasteiger partial charge in [-0.2, -0.15) is 0 Å². The van der Waals surface area contributed by atoms with Crippen LogP contribution in [0.3, 0.4) is 0 Å². The molecule has 0 saturated carbocycles. The number of carbonyl (C=O) groups is 1. The highest BCUT2D eigenvalue weighted by molar-refractivity contribution is 6.09. The summed E-state index contributed by atoms with van der Waals surface area (Å²) in [5, 5.41) is 0. The van der Waals surface area contributed by atoms with Crippen LogP contribution in [-0.2, 0) is 0 Å². The summed E-state index contributed by atoms with van der Waals surface area (Å²) in [5.74, 6) is 0.915. The maximum Gasteiger partial charge on any atom is 0.193 e. The van der Waals surface area contributed by atoms with Crippen LogP contribution in [0.25, 0.3) is 16.7 Å². The SMILES string of the molecule is Cc1nc2cnccc2n1-c1ccc(C(=O)c2ccccc2)cc1. The third kappa shape index (κ3) is 2.38. The fourth-order valence-electron chi connectivity index (χ4n) is 2.90. The first kappa shape index (κ1) is 14.3. The number of ketones is 1. The van der Waals surface area contributed by atoms with E-state index in [2.05, 4.69) is 14.5 Å². The van der Waals surface area contributed by atoms with Crippen molar-refractivity contribution in [2.24, 2.45) is 0 Å². The first-order valence-corrected chi connectivity index (χ1v) is 7.73. The number of pyridine rings is 1. The standard InChI is InChI=1S/C20H15N3O/c1-14-22-18-13-21-12-11-19(18)23(14)17-9-7-16(8-10-17)20(24)15-5-3-2-4-6-15/h2-13H,1H3. The monoisotopic (exact) mass is 313 g/mol. The second kappa shape index (κ2) is 5.74. The second-order valence-electron chi connectivity index (χ2n) is 5.60. The molecule has 0 unspecified atom stereocenters. The lowest BCUT2D eigenvalue weighted by molar-refractivity contribution is 0.103. The van der Waals surface area contributed by atoms with Crippen LogP contribution < -0.4 is 0 Å². The van der Waals surface area contributed by atoms with Gasteiger partial charge in [0.2, 0.25) is 0 Å². The molecule has 0 aliphatic rings. The average molecular weight is 313 g/mol. The highest BCUT2D eigenvalue weighted by Crippen LogP contribution is 2.21. The van der Waals surface area contributed by atoms with Gasteiger partial charge in [-0.1, -0.05) is 30.3 Å². The van der Waals surface area contributed by atoms with Crippen LogP contribution in [0.1, 0.15) is 21.7 Å². The summed E-state index contributed by atoms with van der Waals surface area (Å²) < 4.78 is 2.06. The highest BCUT2D eigenvalue weighted by Gasteiger charge is 2.11. The van der Waals surface area contributed by atoms with Crippen molar-refractivity contribution in [3.63, 3.8) is 0 Å². The Hall–Kier alpha value is -3.27. The van der Waals surface area contributed by atoms with Crippen molar-refractivity contribution in [2.75, 3.05) is 0 Å². The molecule has 0 atom stereocenters. The van der Waals surface area contributed by atoms with E-state index in [4.69, 9.17) is 0 Å². The number of aromatic nitrogens is 3. The zero-order valence-corrected chi connectivity index (χ0v) is 13.2. The van der Waals surface area contributed by atoms with Gasteiger partial charge >= 0.3 is 0 Å². The quantitative estimate of drug-likeness (QED) is 0.538. The number of rotatable bonds is 3. The molecule has 0 fully saturated rings. The second-order valence-corrected chi connectivity index (χ2v) is 5.60. The van der Waals surface area contributed by atoms with Gasteiger partial charge in [-0.05, 0) is 37.3 Å². The third-order valence-electron chi connectivity index (χ3n) is 4.05. The summed E-state index contributed by atoms with van der Waals surface area (Å²) in [6, 6.07) is 18.9. The topological polar surface area (TPSA) is 47.8 Å². The Bertz CT molecular complexity index is 1020. The zero-order chi connectivity index (χ0) is 16.5. The number of imidazole rings is 1. The predicted molar refractivity (Wildman–Crippen MR) is 93.5 cm³/mol. The smallest absolute Gasteiger partial charge is 0.193 e. The van der Waals surface area contributed by atoms with E-state index < -0.39 is 0 Å². The van der Waals surface area contributed by atoms with Gasteiger partial charge in [-0.25, -0.2) is 4.98 Å². The predicted octanol–water partition coefficient (Wildman–Crippen LogP) is 3.96. The van der Waals surface area contributed by atoms with E-state index in [1.807, 2.05) is 67.6 Å². The summed E-state index contributed by atoms with van der Waals surface area (Å²) in [6.07, 6.45) is 3.51. The van der Waals surface area contributed by atoms with Gasteiger partial charge in [-0.3, -0.25) is 14.3 Å². The Kier molecular flexibility index (Phi) is 3.43. The van der Waals surface area contributed by atoms with Crippen LogP contribution in [0.2, 0.25) is 0 Å². The number of aryl methyl sites for hydroxylation is 1. The highest BCUT2D eigenvalue weighted by atomic mass is 16.1. The first-order chi connectivity index (χ1) is 11.7. The van der Waals surface area contributed by atoms with Crippen molar-refractivity contribution in [3.05, 3.63) is 90.0 Å². The Labute approximate surface area is 139 Å². The first-order valence-electron chi connectivity index (χ1n) is 7.73. The number of hydrogen-bond acceptors (Lipinski definition) is 3. The lowest BCUT2D eigenvalue weighted by Gasteiger charge is -2.08. The van der Waals surface area contributed by atoms with Gasteiger partial charge in [0.15, 0.2) is 5.78 Å². The van der Waals surface area contributed by atoms with Crippen LogP contribution >= 0.6 is 0 Å². The molecule has 4 nitrogen and oxygen atoms in total. The maximum absolute atomic E-state index is 12.5. The summed E-state index contributed by atoms with van der Waals surface area (Å²) in [4.78, 5) is 21.1. The number of carbonyl (C=O) groups excluding carboxylic acids is 1. The maximum atomic E-state index is 12.5. The van der Waals surface area contributed by atoms with E-state index >= 15 is 0 Å². The molecule has 0 aliphatic carbocycles. The zero-order valence-electron chi connectivity index (χ0n) is 13.2. The molecular formula is C20H15N3O. The molecule has 0 spiro atoms. The van der Waals surface area contributed by atoms with Crippen LogP contribution in [0.5, 0.6) is 0 Å². The van der Waals surface area contributed by atoms with E-state index in [1.165, 1.54) is 0 Å². The molecule has 0 saturated heterocycles. The molecule has 24 heavy (non-hydrogen) atoms. The van der Waals surface area contributed by atoms with Crippen molar-refractivity contribution in [3.8, 4) is 5.69 Å². The molecule has 4 heteroatoms. The Morgan fingerprint density at radius 3 is 2.38 bits per heavy atom. The molecule has 0 N–H and O–H groups in total. The summed E-state index contributed by atoms with van der Waals surface area (Å²) in [7, 11) is 0. The molecule has 2 aromatic heterocycles. The summed E-state index contributed by atoms with van der Waals surface area (Å²) in [6.45, 7) is 1.96. The molecule has 2 aromatic carbocycles. The fraction of sp³-hybridized carbons (Fsp3) is 0.0500. The van der Waals surface area contributed by atoms with Crippen molar-refractivity contribution < 1.29 is 4.79 Å². The van der Waals surface area contributed by atoms with E-state index in [1.54, 1.807) is 12.4 Å². The van der Waals surface area contributed by atoms with E-state index in [0.717, 1.165) is 22.5 Å². The molecule has 4 aromatic rings. The van der Waals surface area contributed by atoms with E-state index in [-0.39, 0.29) is 5.78 Å². The normalized spacial score (nSPS) is 10.9. The van der Waals surface area contributed by atoms with Crippen molar-refractivity contribution >= 4 is 16.8 Å². The van der Waals surface area contributed by atoms with Crippen molar-refractivity contribution in [2.45, 2.75) is 6.92 Å². The summed E-state index contributed by atoms with van der Waals surface area (Å²) in [5.41, 5.74) is 4.21. The van der Waals surface area contributed by atoms with Gasteiger partial charge in [0.25, 0.3) is 0 Å². The molecule has 0 bridgehead atoms. The fourth-order valence-corrected chi connectivity index (χ4v) is 2.90. The van der Waals surface area contributed by atoms with Gasteiger partial charge in [0.1, 0.15) is 11.3 Å². The summed E-state index contributed by atoms with van der Waals surface area (Å²) >= 11 is 0. The Morgan fingerprint density at radius 2 is 1.62 bits per heavy atom. The van der Waals surface area contributed by atoms with Crippen molar-refractivity contribution in [1.82, 2.24) is 14.5 Å². The van der Waals surface area contributed by atoms with Crippen LogP contribution in [0, 0.1) is 6.92 Å². The van der Waals surface area contributed by atoms with Gasteiger partial charge in [-0.15, -0.1) is 0 Å². The minimum Gasteiger partial charge on any atom is -0.296 e. The minimum atomic E-state index is 0.0264. The molecule has 0 amide bonds. The lowest BCUT2D eigenvalue weighted by atomic mass is 10.0. The molecule has 0 aliphatic heterocycles. The molecular weight excluding hydrogens is 298 g/mol. The van der Waals surface area contributed by atoms with Crippen LogP contribution in [0.15, 0.2) is 73.1 Å². The molecule has 4 rings (SSSR count). The number of fused-ring (bicyclic) bond motifs is 1. The molecule has 116 valence electrons. The number of benzene rings is 2. The number of nitrogens with zero attached hydrogens (tertiary/aromatic N) is 3. The largest absolute Gasteiger partial charge is 0.296 e. The van der Waals surface area contributed by atoms with Gasteiger partial charge < -0.3 is 0 Å². The number of hydrogen-bond donors (Lipinski definition) is 0.